The Balaban J connectivity index is 1.35. The number of rotatable bonds is 4. The third-order valence-corrected chi connectivity index (χ3v) is 5.60. The van der Waals surface area contributed by atoms with E-state index in [2.05, 4.69) is 5.10 Å². The molecule has 2 aliphatic rings. The summed E-state index contributed by atoms with van der Waals surface area (Å²) in [6, 6.07) is 9.23. The van der Waals surface area contributed by atoms with Crippen LogP contribution in [0.15, 0.2) is 36.5 Å². The van der Waals surface area contributed by atoms with Crippen LogP contribution >= 0.6 is 0 Å². The predicted molar refractivity (Wildman–Crippen MR) is 106 cm³/mol. The van der Waals surface area contributed by atoms with Gasteiger partial charge < -0.3 is 19.3 Å². The van der Waals surface area contributed by atoms with Crippen LogP contribution in [0.1, 0.15) is 23.3 Å². The summed E-state index contributed by atoms with van der Waals surface area (Å²) in [5, 5.41) is 4.43. The van der Waals surface area contributed by atoms with Crippen molar-refractivity contribution >= 4 is 11.8 Å². The summed E-state index contributed by atoms with van der Waals surface area (Å²) in [6.45, 7) is 3.71. The molecular formula is C21H26N4O4. The highest BCUT2D eigenvalue weighted by Gasteiger charge is 2.31. The molecule has 0 atom stereocenters. The van der Waals surface area contributed by atoms with E-state index in [1.807, 2.05) is 29.2 Å². The molecule has 8 nitrogen and oxygen atoms in total. The monoisotopic (exact) mass is 398 g/mol. The SMILES string of the molecule is COc1ccc(-n2ccc(C(=O)N3CCC(C(=O)N4CCOCC4)CC3)n2)cc1. The van der Waals surface area contributed by atoms with Gasteiger partial charge in [0.15, 0.2) is 5.69 Å². The Morgan fingerprint density at radius 1 is 1.00 bits per heavy atom. The Morgan fingerprint density at radius 3 is 2.34 bits per heavy atom. The highest BCUT2D eigenvalue weighted by atomic mass is 16.5. The molecule has 2 aliphatic heterocycles. The second kappa shape index (κ2) is 8.65. The molecule has 0 saturated carbocycles. The van der Waals surface area contributed by atoms with Crippen molar-refractivity contribution in [3.63, 3.8) is 0 Å². The number of likely N-dealkylation sites (tertiary alicyclic amines) is 1. The number of ether oxygens (including phenoxy) is 2. The molecule has 0 aliphatic carbocycles. The first-order chi connectivity index (χ1) is 14.2. The normalized spacial score (nSPS) is 18.0. The zero-order valence-corrected chi connectivity index (χ0v) is 16.6. The number of amides is 2. The van der Waals surface area contributed by atoms with Crippen molar-refractivity contribution in [3.8, 4) is 11.4 Å². The number of hydrogen-bond donors (Lipinski definition) is 0. The Hall–Kier alpha value is -2.87. The minimum absolute atomic E-state index is 0.00555. The molecule has 0 spiro atoms. The van der Waals surface area contributed by atoms with Gasteiger partial charge in [0.1, 0.15) is 5.75 Å². The fraction of sp³-hybridized carbons (Fsp3) is 0.476. The van der Waals surface area contributed by atoms with Crippen LogP contribution in [0.5, 0.6) is 5.75 Å². The molecule has 2 aromatic rings. The molecule has 0 N–H and O–H groups in total. The minimum atomic E-state index is -0.0884. The number of carbonyl (C=O) groups excluding carboxylic acids is 2. The molecule has 0 unspecified atom stereocenters. The lowest BCUT2D eigenvalue weighted by molar-refractivity contribution is -0.141. The summed E-state index contributed by atoms with van der Waals surface area (Å²) < 4.78 is 12.2. The largest absolute Gasteiger partial charge is 0.497 e. The van der Waals surface area contributed by atoms with Gasteiger partial charge >= 0.3 is 0 Å². The van der Waals surface area contributed by atoms with E-state index in [0.717, 1.165) is 11.4 Å². The highest BCUT2D eigenvalue weighted by Crippen LogP contribution is 2.22. The van der Waals surface area contributed by atoms with E-state index in [1.165, 1.54) is 0 Å². The van der Waals surface area contributed by atoms with Gasteiger partial charge in [0.2, 0.25) is 5.91 Å². The average molecular weight is 398 g/mol. The minimum Gasteiger partial charge on any atom is -0.497 e. The molecule has 4 rings (SSSR count). The van der Waals surface area contributed by atoms with E-state index < -0.39 is 0 Å². The quantitative estimate of drug-likeness (QED) is 0.782. The standard InChI is InChI=1S/C21H26N4O4/c1-28-18-4-2-17(3-5-18)25-11-8-19(22-25)21(27)23-9-6-16(7-10-23)20(26)24-12-14-29-15-13-24/h2-5,8,11,16H,6-7,9-10,12-15H2,1H3. The van der Waals surface area contributed by atoms with Crippen LogP contribution in [0.2, 0.25) is 0 Å². The van der Waals surface area contributed by atoms with Crippen LogP contribution in [0, 0.1) is 5.92 Å². The van der Waals surface area contributed by atoms with Gasteiger partial charge in [-0.15, -0.1) is 0 Å². The Labute approximate surface area is 170 Å². The van der Waals surface area contributed by atoms with E-state index in [0.29, 0.717) is 57.9 Å². The van der Waals surface area contributed by atoms with Gasteiger partial charge in [-0.05, 0) is 43.2 Å². The summed E-state index contributed by atoms with van der Waals surface area (Å²) in [4.78, 5) is 29.2. The maximum Gasteiger partial charge on any atom is 0.274 e. The van der Waals surface area contributed by atoms with E-state index in [1.54, 1.807) is 29.0 Å². The van der Waals surface area contributed by atoms with Crippen LogP contribution in [-0.2, 0) is 9.53 Å². The molecule has 1 aromatic carbocycles. The van der Waals surface area contributed by atoms with Crippen molar-refractivity contribution in [1.82, 2.24) is 19.6 Å². The molecule has 2 fully saturated rings. The number of carbonyl (C=O) groups is 2. The van der Waals surface area contributed by atoms with Gasteiger partial charge in [-0.25, -0.2) is 4.68 Å². The maximum absolute atomic E-state index is 12.8. The summed E-state index contributed by atoms with van der Waals surface area (Å²) in [6.07, 6.45) is 3.17. The van der Waals surface area contributed by atoms with Crippen LogP contribution in [0.3, 0.4) is 0 Å². The topological polar surface area (TPSA) is 76.9 Å². The molecule has 0 bridgehead atoms. The molecule has 8 heteroatoms. The summed E-state index contributed by atoms with van der Waals surface area (Å²) >= 11 is 0. The lowest BCUT2D eigenvalue weighted by Gasteiger charge is -2.35. The number of aromatic nitrogens is 2. The zero-order valence-electron chi connectivity index (χ0n) is 16.6. The van der Waals surface area contributed by atoms with Gasteiger partial charge in [-0.2, -0.15) is 5.10 Å². The number of morpholine rings is 1. The highest BCUT2D eigenvalue weighted by molar-refractivity contribution is 5.92. The smallest absolute Gasteiger partial charge is 0.274 e. The van der Waals surface area contributed by atoms with Crippen LogP contribution < -0.4 is 4.74 Å². The van der Waals surface area contributed by atoms with E-state index in [9.17, 15) is 9.59 Å². The number of hydrogen-bond acceptors (Lipinski definition) is 5. The van der Waals surface area contributed by atoms with Gasteiger partial charge in [0.25, 0.3) is 5.91 Å². The number of nitrogens with zero attached hydrogens (tertiary/aromatic N) is 4. The first-order valence-corrected chi connectivity index (χ1v) is 10.0. The van der Waals surface area contributed by atoms with E-state index in [-0.39, 0.29) is 17.7 Å². The average Bonchev–Trinajstić information content (AvgIpc) is 3.29. The van der Waals surface area contributed by atoms with Crippen molar-refractivity contribution < 1.29 is 19.1 Å². The second-order valence-electron chi connectivity index (χ2n) is 7.35. The number of methoxy groups -OCH3 is 1. The molecule has 3 heterocycles. The lowest BCUT2D eigenvalue weighted by Crippen LogP contribution is -2.47. The summed E-state index contributed by atoms with van der Waals surface area (Å²) in [7, 11) is 1.62. The van der Waals surface area contributed by atoms with Gasteiger partial charge in [0, 0.05) is 38.3 Å². The van der Waals surface area contributed by atoms with Crippen LogP contribution in [-0.4, -0.2) is 77.9 Å². The first kappa shape index (κ1) is 19.4. The summed E-state index contributed by atoms with van der Waals surface area (Å²) in [5.74, 6) is 0.874. The Morgan fingerprint density at radius 2 is 1.69 bits per heavy atom. The molecule has 2 amide bonds. The van der Waals surface area contributed by atoms with Crippen molar-refractivity contribution in [2.24, 2.45) is 5.92 Å². The maximum atomic E-state index is 12.8. The van der Waals surface area contributed by atoms with Crippen LogP contribution in [0.25, 0.3) is 5.69 Å². The van der Waals surface area contributed by atoms with Crippen molar-refractivity contribution in [2.45, 2.75) is 12.8 Å². The van der Waals surface area contributed by atoms with E-state index >= 15 is 0 Å². The van der Waals surface area contributed by atoms with Crippen molar-refractivity contribution in [1.29, 1.82) is 0 Å². The first-order valence-electron chi connectivity index (χ1n) is 10.0. The molecule has 1 aromatic heterocycles. The van der Waals surface area contributed by atoms with Gasteiger partial charge in [-0.3, -0.25) is 9.59 Å². The third kappa shape index (κ3) is 4.27. The number of benzene rings is 1. The van der Waals surface area contributed by atoms with Crippen molar-refractivity contribution in [3.05, 3.63) is 42.2 Å². The summed E-state index contributed by atoms with van der Waals surface area (Å²) in [5.41, 5.74) is 1.28. The van der Waals surface area contributed by atoms with Crippen LogP contribution in [0.4, 0.5) is 0 Å². The predicted octanol–water partition coefficient (Wildman–Crippen LogP) is 1.59. The Bertz CT molecular complexity index is 850. The zero-order chi connectivity index (χ0) is 20.2. The second-order valence-corrected chi connectivity index (χ2v) is 7.35. The van der Waals surface area contributed by atoms with E-state index in [4.69, 9.17) is 9.47 Å². The fourth-order valence-electron chi connectivity index (χ4n) is 3.85. The van der Waals surface area contributed by atoms with Crippen molar-refractivity contribution in [2.75, 3.05) is 46.5 Å². The molecule has 0 radical (unpaired) electrons. The lowest BCUT2D eigenvalue weighted by atomic mass is 9.95. The molecule has 154 valence electrons. The molecule has 29 heavy (non-hydrogen) atoms. The van der Waals surface area contributed by atoms with Gasteiger partial charge in [0.05, 0.1) is 26.0 Å². The molecule has 2 saturated heterocycles. The number of piperidine rings is 1. The molecular weight excluding hydrogens is 372 g/mol. The third-order valence-electron chi connectivity index (χ3n) is 5.60. The fourth-order valence-corrected chi connectivity index (χ4v) is 3.85. The van der Waals surface area contributed by atoms with Gasteiger partial charge in [-0.1, -0.05) is 0 Å². The Kier molecular flexibility index (Phi) is 5.80.